The summed E-state index contributed by atoms with van der Waals surface area (Å²) in [7, 11) is 0. The van der Waals surface area contributed by atoms with Gasteiger partial charge in [0, 0.05) is 19.2 Å². The lowest BCUT2D eigenvalue weighted by Gasteiger charge is -2.17. The average molecular weight is 216 g/mol. The lowest BCUT2D eigenvalue weighted by atomic mass is 10.2. The summed E-state index contributed by atoms with van der Waals surface area (Å²) < 4.78 is 5.48. The van der Waals surface area contributed by atoms with E-state index in [0.29, 0.717) is 12.1 Å². The van der Waals surface area contributed by atoms with E-state index in [1.165, 1.54) is 6.42 Å². The Kier molecular flexibility index (Phi) is 5.19. The van der Waals surface area contributed by atoms with Crippen LogP contribution in [0, 0.1) is 0 Å². The quantitative estimate of drug-likeness (QED) is 0.697. The highest BCUT2D eigenvalue weighted by atomic mass is 32.1. The molecule has 0 saturated carbocycles. The second-order valence-corrected chi connectivity index (χ2v) is 4.21. The highest BCUT2D eigenvalue weighted by molar-refractivity contribution is 7.80. The molecular weight excluding hydrogens is 196 g/mol. The molecule has 0 aromatic heterocycles. The third-order valence-electron chi connectivity index (χ3n) is 2.50. The van der Waals surface area contributed by atoms with Crippen molar-refractivity contribution in [2.24, 2.45) is 0 Å². The Hall–Kier alpha value is -0.350. The van der Waals surface area contributed by atoms with Crippen molar-refractivity contribution >= 4 is 17.3 Å². The molecule has 0 amide bonds. The number of thiocarbonyl (C=S) groups is 1. The predicted molar refractivity (Wildman–Crippen MR) is 62.5 cm³/mol. The normalized spacial score (nSPS) is 23.1. The van der Waals surface area contributed by atoms with Crippen LogP contribution in [-0.4, -0.2) is 30.4 Å². The molecule has 1 aliphatic heterocycles. The number of nitrogens with one attached hydrogen (secondary N) is 2. The average Bonchev–Trinajstić information content (AvgIpc) is 2.67. The van der Waals surface area contributed by atoms with Gasteiger partial charge in [-0.15, -0.1) is 0 Å². The van der Waals surface area contributed by atoms with Crippen molar-refractivity contribution in [1.82, 2.24) is 10.6 Å². The van der Waals surface area contributed by atoms with Gasteiger partial charge < -0.3 is 15.4 Å². The second-order valence-electron chi connectivity index (χ2n) is 3.80. The number of hydrogen-bond donors (Lipinski definition) is 2. The molecule has 4 heteroatoms. The van der Waals surface area contributed by atoms with Gasteiger partial charge in [0.1, 0.15) is 0 Å². The molecule has 14 heavy (non-hydrogen) atoms. The van der Waals surface area contributed by atoms with Crippen LogP contribution in [0.4, 0.5) is 0 Å². The Morgan fingerprint density at radius 2 is 2.43 bits per heavy atom. The maximum Gasteiger partial charge on any atom is 0.166 e. The zero-order valence-electron chi connectivity index (χ0n) is 9.01. The van der Waals surface area contributed by atoms with E-state index in [2.05, 4.69) is 24.5 Å². The Labute approximate surface area is 91.6 Å². The maximum atomic E-state index is 5.48. The Morgan fingerprint density at radius 1 is 1.64 bits per heavy atom. The molecule has 1 saturated heterocycles. The molecule has 82 valence electrons. The molecule has 1 fully saturated rings. The minimum Gasteiger partial charge on any atom is -0.376 e. The molecule has 2 N–H and O–H groups in total. The molecule has 0 spiro atoms. The fourth-order valence-electron chi connectivity index (χ4n) is 1.39. The van der Waals surface area contributed by atoms with Crippen molar-refractivity contribution in [2.75, 3.05) is 13.2 Å². The Bertz CT molecular complexity index is 181. The molecule has 0 aromatic rings. The highest BCUT2D eigenvalue weighted by Crippen LogP contribution is 2.10. The van der Waals surface area contributed by atoms with Gasteiger partial charge in [-0.2, -0.15) is 0 Å². The van der Waals surface area contributed by atoms with Gasteiger partial charge in [0.15, 0.2) is 5.11 Å². The molecule has 1 heterocycles. The van der Waals surface area contributed by atoms with E-state index in [0.717, 1.165) is 31.1 Å². The summed E-state index contributed by atoms with van der Waals surface area (Å²) in [6.07, 6.45) is 3.77. The van der Waals surface area contributed by atoms with Crippen LogP contribution in [-0.2, 0) is 4.74 Å². The first-order valence-corrected chi connectivity index (χ1v) is 5.79. The summed E-state index contributed by atoms with van der Waals surface area (Å²) in [6, 6.07) is 0.444. The van der Waals surface area contributed by atoms with Crippen molar-refractivity contribution in [3.63, 3.8) is 0 Å². The van der Waals surface area contributed by atoms with Gasteiger partial charge >= 0.3 is 0 Å². The predicted octanol–water partition coefficient (Wildman–Crippen LogP) is 1.43. The van der Waals surface area contributed by atoms with Crippen LogP contribution >= 0.6 is 12.2 Å². The maximum absolute atomic E-state index is 5.48. The zero-order valence-corrected chi connectivity index (χ0v) is 9.82. The van der Waals surface area contributed by atoms with E-state index in [4.69, 9.17) is 17.0 Å². The molecule has 0 aliphatic carbocycles. The fourth-order valence-corrected chi connectivity index (χ4v) is 1.67. The second kappa shape index (κ2) is 6.19. The van der Waals surface area contributed by atoms with Gasteiger partial charge in [-0.25, -0.2) is 0 Å². The monoisotopic (exact) mass is 216 g/mol. The summed E-state index contributed by atoms with van der Waals surface area (Å²) >= 11 is 5.15. The molecule has 2 unspecified atom stereocenters. The molecule has 1 aliphatic rings. The van der Waals surface area contributed by atoms with Gasteiger partial charge in [0.2, 0.25) is 0 Å². The van der Waals surface area contributed by atoms with Gasteiger partial charge in [-0.05, 0) is 38.4 Å². The fraction of sp³-hybridized carbons (Fsp3) is 0.900. The molecule has 3 nitrogen and oxygen atoms in total. The van der Waals surface area contributed by atoms with Crippen LogP contribution in [0.1, 0.15) is 33.1 Å². The zero-order chi connectivity index (χ0) is 10.4. The van der Waals surface area contributed by atoms with E-state index in [-0.39, 0.29) is 0 Å². The van der Waals surface area contributed by atoms with E-state index >= 15 is 0 Å². The minimum absolute atomic E-state index is 0.353. The summed E-state index contributed by atoms with van der Waals surface area (Å²) in [5.41, 5.74) is 0. The first-order valence-electron chi connectivity index (χ1n) is 5.38. The van der Waals surface area contributed by atoms with Gasteiger partial charge in [-0.3, -0.25) is 0 Å². The number of rotatable bonds is 4. The molecule has 0 radical (unpaired) electrons. The van der Waals surface area contributed by atoms with Crippen LogP contribution in [0.15, 0.2) is 0 Å². The highest BCUT2D eigenvalue weighted by Gasteiger charge is 2.15. The molecule has 2 atom stereocenters. The van der Waals surface area contributed by atoms with Gasteiger partial charge in [0.05, 0.1) is 6.10 Å². The van der Waals surface area contributed by atoms with Crippen LogP contribution in [0.5, 0.6) is 0 Å². The summed E-state index contributed by atoms with van der Waals surface area (Å²) in [4.78, 5) is 0. The van der Waals surface area contributed by atoms with Crippen molar-refractivity contribution < 1.29 is 4.74 Å². The van der Waals surface area contributed by atoms with Crippen molar-refractivity contribution in [3.8, 4) is 0 Å². The van der Waals surface area contributed by atoms with Crippen LogP contribution in [0.25, 0.3) is 0 Å². The SMILES string of the molecule is CCC(C)NC(=S)NCC1CCCO1. The van der Waals surface area contributed by atoms with Gasteiger partial charge in [-0.1, -0.05) is 6.92 Å². The largest absolute Gasteiger partial charge is 0.376 e. The van der Waals surface area contributed by atoms with Crippen molar-refractivity contribution in [2.45, 2.75) is 45.3 Å². The van der Waals surface area contributed by atoms with Crippen LogP contribution in [0.3, 0.4) is 0 Å². The Morgan fingerprint density at radius 3 is 3.00 bits per heavy atom. The van der Waals surface area contributed by atoms with E-state index < -0.39 is 0 Å². The number of hydrogen-bond acceptors (Lipinski definition) is 2. The third-order valence-corrected chi connectivity index (χ3v) is 2.77. The molecule has 1 rings (SSSR count). The summed E-state index contributed by atoms with van der Waals surface area (Å²) in [5.74, 6) is 0. The van der Waals surface area contributed by atoms with E-state index in [1.54, 1.807) is 0 Å². The smallest absolute Gasteiger partial charge is 0.166 e. The molecule has 0 bridgehead atoms. The van der Waals surface area contributed by atoms with Crippen LogP contribution < -0.4 is 10.6 Å². The van der Waals surface area contributed by atoms with Crippen molar-refractivity contribution in [3.05, 3.63) is 0 Å². The topological polar surface area (TPSA) is 33.3 Å². The van der Waals surface area contributed by atoms with E-state index in [1.807, 2.05) is 0 Å². The first-order chi connectivity index (χ1) is 6.72. The van der Waals surface area contributed by atoms with Crippen molar-refractivity contribution in [1.29, 1.82) is 0 Å². The third kappa shape index (κ3) is 4.24. The number of ether oxygens (including phenoxy) is 1. The molecular formula is C10H20N2OS. The first kappa shape index (κ1) is 11.7. The van der Waals surface area contributed by atoms with E-state index in [9.17, 15) is 0 Å². The lowest BCUT2D eigenvalue weighted by Crippen LogP contribution is -2.43. The standard InChI is InChI=1S/C10H20N2OS/c1-3-8(2)12-10(14)11-7-9-5-4-6-13-9/h8-9H,3-7H2,1-2H3,(H2,11,12,14). The lowest BCUT2D eigenvalue weighted by molar-refractivity contribution is 0.114. The summed E-state index contributed by atoms with van der Waals surface area (Å²) in [5, 5.41) is 7.15. The minimum atomic E-state index is 0.353. The molecule has 0 aromatic carbocycles. The van der Waals surface area contributed by atoms with Gasteiger partial charge in [0.25, 0.3) is 0 Å². The van der Waals surface area contributed by atoms with Crippen LogP contribution in [0.2, 0.25) is 0 Å². The summed E-state index contributed by atoms with van der Waals surface area (Å²) in [6.45, 7) is 6.00. The Balaban J connectivity index is 2.08.